The second-order valence-electron chi connectivity index (χ2n) is 10.4. The van der Waals surface area contributed by atoms with Crippen LogP contribution in [0.15, 0.2) is 34.9 Å². The largest absolute Gasteiger partial charge is 0.444 e. The van der Waals surface area contributed by atoms with E-state index in [1.807, 2.05) is 43.7 Å². The molecule has 3 heterocycles. The maximum Gasteiger partial charge on any atom is 0.410 e. The number of carbonyl (C=O) groups is 1. The van der Waals surface area contributed by atoms with Gasteiger partial charge in [-0.25, -0.2) is 14.5 Å². The number of hydrogen-bond donors (Lipinski definition) is 1. The van der Waals surface area contributed by atoms with E-state index in [0.717, 1.165) is 17.6 Å². The van der Waals surface area contributed by atoms with Crippen molar-refractivity contribution in [3.63, 3.8) is 0 Å². The highest BCUT2D eigenvalue weighted by atomic mass is 79.9. The lowest BCUT2D eigenvalue weighted by Gasteiger charge is -2.39. The van der Waals surface area contributed by atoms with E-state index in [9.17, 15) is 9.90 Å². The molecule has 1 amide bonds. The molecule has 1 saturated heterocycles. The van der Waals surface area contributed by atoms with Crippen LogP contribution in [-0.4, -0.2) is 54.8 Å². The zero-order valence-corrected chi connectivity index (χ0v) is 21.8. The van der Waals surface area contributed by atoms with Crippen LogP contribution in [0.25, 0.3) is 11.0 Å². The van der Waals surface area contributed by atoms with Gasteiger partial charge < -0.3 is 19.5 Å². The number of likely N-dealkylation sites (tertiary alicyclic amines) is 1. The molecule has 0 atom stereocenters. The van der Waals surface area contributed by atoms with Crippen LogP contribution >= 0.6 is 15.9 Å². The SMILES string of the molecule is CC(C)(C)OC(=O)N1CCC(O)(c2cccnc2Oc2ccc3c(nnn3CC3CC3)c2Br)CC1. The van der Waals surface area contributed by atoms with Crippen molar-refractivity contribution in [2.24, 2.45) is 5.92 Å². The number of rotatable bonds is 5. The Balaban J connectivity index is 1.35. The second-order valence-corrected chi connectivity index (χ2v) is 11.2. The van der Waals surface area contributed by atoms with Gasteiger partial charge in [-0.3, -0.25) is 0 Å². The molecule has 0 unspecified atom stereocenters. The fourth-order valence-electron chi connectivity index (χ4n) is 4.33. The molecule has 35 heavy (non-hydrogen) atoms. The van der Waals surface area contributed by atoms with Gasteiger partial charge in [0, 0.05) is 31.4 Å². The van der Waals surface area contributed by atoms with Gasteiger partial charge in [0.05, 0.1) is 15.6 Å². The van der Waals surface area contributed by atoms with E-state index in [-0.39, 0.29) is 6.09 Å². The summed E-state index contributed by atoms with van der Waals surface area (Å²) in [7, 11) is 0. The van der Waals surface area contributed by atoms with Crippen LogP contribution < -0.4 is 4.74 Å². The average molecular weight is 544 g/mol. The predicted molar refractivity (Wildman–Crippen MR) is 133 cm³/mol. The number of benzene rings is 1. The Morgan fingerprint density at radius 2 is 1.97 bits per heavy atom. The summed E-state index contributed by atoms with van der Waals surface area (Å²) in [6, 6.07) is 7.42. The molecule has 1 aromatic carbocycles. The summed E-state index contributed by atoms with van der Waals surface area (Å²) in [6.07, 6.45) is 4.45. The Morgan fingerprint density at radius 3 is 2.66 bits per heavy atom. The van der Waals surface area contributed by atoms with Crippen molar-refractivity contribution < 1.29 is 19.4 Å². The van der Waals surface area contributed by atoms with Crippen LogP contribution in [0.5, 0.6) is 11.6 Å². The van der Waals surface area contributed by atoms with Crippen molar-refractivity contribution in [3.8, 4) is 11.6 Å². The standard InChI is InChI=1S/C25H30BrN5O4/c1-24(2,3)35-23(32)30-13-10-25(33,11-14-30)17-5-4-12-27-22(17)34-19-9-8-18-21(20(19)26)28-29-31(18)15-16-6-7-16/h4-5,8-9,12,16,33H,6-7,10-11,13-15H2,1-3H3. The first-order valence-electron chi connectivity index (χ1n) is 12.0. The zero-order chi connectivity index (χ0) is 24.8. The van der Waals surface area contributed by atoms with Gasteiger partial charge in [0.25, 0.3) is 0 Å². The number of fused-ring (bicyclic) bond motifs is 1. The molecular weight excluding hydrogens is 514 g/mol. The van der Waals surface area contributed by atoms with Gasteiger partial charge in [-0.1, -0.05) is 5.21 Å². The molecule has 2 aliphatic rings. The van der Waals surface area contributed by atoms with E-state index in [4.69, 9.17) is 9.47 Å². The fourth-order valence-corrected chi connectivity index (χ4v) is 4.83. The number of halogens is 1. The number of hydrogen-bond acceptors (Lipinski definition) is 7. The van der Waals surface area contributed by atoms with Crippen LogP contribution in [0.3, 0.4) is 0 Å². The zero-order valence-electron chi connectivity index (χ0n) is 20.2. The van der Waals surface area contributed by atoms with Gasteiger partial charge in [0.2, 0.25) is 5.88 Å². The van der Waals surface area contributed by atoms with Gasteiger partial charge in [0.15, 0.2) is 0 Å². The number of ether oxygens (including phenoxy) is 2. The second kappa shape index (κ2) is 9.05. The van der Waals surface area contributed by atoms with Crippen LogP contribution in [0.2, 0.25) is 0 Å². The smallest absolute Gasteiger partial charge is 0.410 e. The molecule has 1 aliphatic heterocycles. The Bertz CT molecular complexity index is 1240. The first-order chi connectivity index (χ1) is 16.6. The molecule has 2 fully saturated rings. The number of pyridine rings is 1. The van der Waals surface area contributed by atoms with Crippen molar-refractivity contribution in [1.29, 1.82) is 0 Å². The van der Waals surface area contributed by atoms with Crippen molar-refractivity contribution >= 4 is 33.1 Å². The maximum absolute atomic E-state index is 12.4. The Hall–Kier alpha value is -2.72. The van der Waals surface area contributed by atoms with Gasteiger partial charge in [-0.2, -0.15) is 0 Å². The molecule has 1 saturated carbocycles. The van der Waals surface area contributed by atoms with E-state index >= 15 is 0 Å². The summed E-state index contributed by atoms with van der Waals surface area (Å²) in [5, 5.41) is 20.2. The minimum Gasteiger partial charge on any atom is -0.444 e. The third-order valence-corrected chi connectivity index (χ3v) is 7.21. The first-order valence-corrected chi connectivity index (χ1v) is 12.8. The van der Waals surface area contributed by atoms with E-state index in [1.54, 1.807) is 17.2 Å². The molecule has 10 heteroatoms. The summed E-state index contributed by atoms with van der Waals surface area (Å²) >= 11 is 3.63. The van der Waals surface area contributed by atoms with Gasteiger partial charge in [-0.15, -0.1) is 5.10 Å². The molecule has 3 aromatic rings. The molecule has 0 bridgehead atoms. The summed E-state index contributed by atoms with van der Waals surface area (Å²) in [6.45, 7) is 7.15. The van der Waals surface area contributed by atoms with Crippen LogP contribution in [0.1, 0.15) is 52.0 Å². The van der Waals surface area contributed by atoms with Crippen LogP contribution in [0.4, 0.5) is 4.79 Å². The molecule has 0 spiro atoms. The topological polar surface area (TPSA) is 103 Å². The highest BCUT2D eigenvalue weighted by molar-refractivity contribution is 9.10. The number of piperidine rings is 1. The number of aliphatic hydroxyl groups is 1. The van der Waals surface area contributed by atoms with Crippen molar-refractivity contribution in [3.05, 3.63) is 40.5 Å². The molecule has 1 aliphatic carbocycles. The minimum absolute atomic E-state index is 0.325. The summed E-state index contributed by atoms with van der Waals surface area (Å²) in [5.74, 6) is 1.56. The van der Waals surface area contributed by atoms with Gasteiger partial charge in [0.1, 0.15) is 16.9 Å². The molecule has 2 aromatic heterocycles. The summed E-state index contributed by atoms with van der Waals surface area (Å²) < 4.78 is 14.3. The quantitative estimate of drug-likeness (QED) is 0.482. The number of aromatic nitrogens is 4. The van der Waals surface area contributed by atoms with Crippen molar-refractivity contribution in [1.82, 2.24) is 24.9 Å². The highest BCUT2D eigenvalue weighted by Crippen LogP contribution is 2.41. The van der Waals surface area contributed by atoms with E-state index in [2.05, 4.69) is 31.2 Å². The highest BCUT2D eigenvalue weighted by Gasteiger charge is 2.39. The lowest BCUT2D eigenvalue weighted by molar-refractivity contribution is -0.0367. The summed E-state index contributed by atoms with van der Waals surface area (Å²) in [5.41, 5.74) is 0.530. The van der Waals surface area contributed by atoms with Crippen molar-refractivity contribution in [2.45, 2.75) is 64.2 Å². The molecule has 0 radical (unpaired) electrons. The third-order valence-electron chi connectivity index (χ3n) is 6.44. The lowest BCUT2D eigenvalue weighted by Crippen LogP contribution is -2.47. The molecule has 5 rings (SSSR count). The molecule has 186 valence electrons. The molecule has 9 nitrogen and oxygen atoms in total. The first kappa shape index (κ1) is 24.0. The monoisotopic (exact) mass is 543 g/mol. The van der Waals surface area contributed by atoms with E-state index < -0.39 is 11.2 Å². The Morgan fingerprint density at radius 1 is 1.23 bits per heavy atom. The van der Waals surface area contributed by atoms with Crippen LogP contribution in [0, 0.1) is 5.92 Å². The normalized spacial score (nSPS) is 18.0. The maximum atomic E-state index is 12.4. The Kier molecular flexibility index (Phi) is 6.21. The van der Waals surface area contributed by atoms with Gasteiger partial charge in [-0.05, 0) is 92.6 Å². The van der Waals surface area contributed by atoms with E-state index in [1.165, 1.54) is 12.8 Å². The van der Waals surface area contributed by atoms with E-state index in [0.29, 0.717) is 53.5 Å². The molecule has 1 N–H and O–H groups in total. The lowest BCUT2D eigenvalue weighted by atomic mass is 9.85. The average Bonchev–Trinajstić information content (AvgIpc) is 3.53. The van der Waals surface area contributed by atoms with Gasteiger partial charge >= 0.3 is 6.09 Å². The Labute approximate surface area is 212 Å². The van der Waals surface area contributed by atoms with Crippen LogP contribution in [-0.2, 0) is 16.9 Å². The third kappa shape index (κ3) is 5.13. The summed E-state index contributed by atoms with van der Waals surface area (Å²) in [4.78, 5) is 18.5. The number of amides is 1. The number of carbonyl (C=O) groups excluding carboxylic acids is 1. The molecular formula is C25H30BrN5O4. The minimum atomic E-state index is -1.17. The number of nitrogens with zero attached hydrogens (tertiary/aromatic N) is 5. The predicted octanol–water partition coefficient (Wildman–Crippen LogP) is 5.01. The fraction of sp³-hybridized carbons (Fsp3) is 0.520. The van der Waals surface area contributed by atoms with Crippen molar-refractivity contribution in [2.75, 3.05) is 13.1 Å².